The van der Waals surface area contributed by atoms with Crippen LogP contribution in [0.2, 0.25) is 0 Å². The lowest BCUT2D eigenvalue weighted by molar-refractivity contribution is 0.286. The molecule has 3 aromatic rings. The Morgan fingerprint density at radius 2 is 1.77 bits per heavy atom. The molecule has 138 valence electrons. The van der Waals surface area contributed by atoms with Crippen molar-refractivity contribution in [2.24, 2.45) is 0 Å². The molecule has 0 saturated heterocycles. The zero-order chi connectivity index (χ0) is 17.2. The van der Waals surface area contributed by atoms with Gasteiger partial charge in [0.2, 0.25) is 0 Å². The molecule has 0 saturated carbocycles. The van der Waals surface area contributed by atoms with E-state index in [1.807, 2.05) is 25.2 Å². The molecule has 3 nitrogen and oxygen atoms in total. The number of ether oxygens (including phenoxy) is 2. The lowest BCUT2D eigenvalue weighted by Crippen LogP contribution is -2.30. The summed E-state index contributed by atoms with van der Waals surface area (Å²) in [7, 11) is 0. The van der Waals surface area contributed by atoms with E-state index in [0.717, 1.165) is 24.5 Å². The zero-order valence-corrected chi connectivity index (χ0v) is 16.7. The molecule has 2 aromatic carbocycles. The van der Waals surface area contributed by atoms with Crippen LogP contribution in [0.5, 0.6) is 11.5 Å². The molecule has 1 unspecified atom stereocenters. The van der Waals surface area contributed by atoms with E-state index in [0.29, 0.717) is 13.2 Å². The molecular weight excluding hydrogens is 366 g/mol. The molecule has 1 N–H and O–H groups in total. The second kappa shape index (κ2) is 8.30. The molecule has 0 aliphatic carbocycles. The second-order valence-electron chi connectivity index (χ2n) is 6.19. The van der Waals surface area contributed by atoms with Crippen molar-refractivity contribution in [2.75, 3.05) is 19.8 Å². The Bertz CT molecular complexity index is 860. The Morgan fingerprint density at radius 3 is 2.50 bits per heavy atom. The van der Waals surface area contributed by atoms with Crippen LogP contribution in [0.15, 0.2) is 42.5 Å². The van der Waals surface area contributed by atoms with Crippen LogP contribution in [0.4, 0.5) is 0 Å². The van der Waals surface area contributed by atoms with Crippen molar-refractivity contribution in [1.29, 1.82) is 0 Å². The van der Waals surface area contributed by atoms with E-state index in [2.05, 4.69) is 47.8 Å². The predicted molar refractivity (Wildman–Crippen MR) is 111 cm³/mol. The summed E-state index contributed by atoms with van der Waals surface area (Å²) in [5.41, 5.74) is 2.66. The largest absolute Gasteiger partial charge is 0.490 e. The van der Waals surface area contributed by atoms with Gasteiger partial charge in [0.25, 0.3) is 0 Å². The maximum atomic E-state index is 5.85. The fraction of sp³-hybridized carbons (Fsp3) is 0.333. The van der Waals surface area contributed by atoms with Crippen LogP contribution < -0.4 is 14.8 Å². The number of rotatable bonds is 5. The molecule has 1 aliphatic heterocycles. The minimum Gasteiger partial charge on any atom is -0.490 e. The molecule has 26 heavy (non-hydrogen) atoms. The van der Waals surface area contributed by atoms with Gasteiger partial charge in [0.15, 0.2) is 11.5 Å². The van der Waals surface area contributed by atoms with Gasteiger partial charge in [-0.05, 0) is 61.0 Å². The van der Waals surface area contributed by atoms with Crippen molar-refractivity contribution in [2.45, 2.75) is 26.3 Å². The lowest BCUT2D eigenvalue weighted by Gasteiger charge is -2.27. The maximum absolute atomic E-state index is 5.85. The van der Waals surface area contributed by atoms with E-state index in [1.165, 1.54) is 26.1 Å². The van der Waals surface area contributed by atoms with E-state index >= 15 is 0 Å². The smallest absolute Gasteiger partial charge is 0.161 e. The SMILES string of the molecule is CCOc1cc2c(cc1OCC)C(c1cc3ccccc3s1)NCC2.Cl. The van der Waals surface area contributed by atoms with Crippen molar-refractivity contribution < 1.29 is 9.47 Å². The average Bonchev–Trinajstić information content (AvgIpc) is 3.06. The number of halogens is 1. The molecule has 2 heterocycles. The molecule has 0 amide bonds. The van der Waals surface area contributed by atoms with E-state index in [4.69, 9.17) is 9.47 Å². The highest BCUT2D eigenvalue weighted by molar-refractivity contribution is 7.19. The second-order valence-corrected chi connectivity index (χ2v) is 7.30. The molecule has 4 rings (SSSR count). The number of fused-ring (bicyclic) bond motifs is 2. The summed E-state index contributed by atoms with van der Waals surface area (Å²) < 4.78 is 13.0. The highest BCUT2D eigenvalue weighted by Gasteiger charge is 2.25. The lowest BCUT2D eigenvalue weighted by atomic mass is 9.92. The van der Waals surface area contributed by atoms with Crippen molar-refractivity contribution in [3.63, 3.8) is 0 Å². The topological polar surface area (TPSA) is 30.5 Å². The first-order valence-electron chi connectivity index (χ1n) is 8.94. The van der Waals surface area contributed by atoms with Gasteiger partial charge in [-0.15, -0.1) is 23.7 Å². The van der Waals surface area contributed by atoms with E-state index in [9.17, 15) is 0 Å². The normalized spacial score (nSPS) is 16.0. The first-order chi connectivity index (χ1) is 12.3. The quantitative estimate of drug-likeness (QED) is 0.637. The Balaban J connectivity index is 0.00000196. The van der Waals surface area contributed by atoms with Crippen LogP contribution in [0.3, 0.4) is 0 Å². The number of hydrogen-bond donors (Lipinski definition) is 1. The number of nitrogens with one attached hydrogen (secondary N) is 1. The Kier molecular flexibility index (Phi) is 6.07. The highest BCUT2D eigenvalue weighted by Crippen LogP contribution is 2.40. The molecule has 0 bridgehead atoms. The fourth-order valence-electron chi connectivity index (χ4n) is 3.50. The number of thiophene rings is 1. The Labute approximate surface area is 164 Å². The molecule has 0 fully saturated rings. The molecule has 1 aromatic heterocycles. The van der Waals surface area contributed by atoms with Crippen LogP contribution in [-0.2, 0) is 6.42 Å². The van der Waals surface area contributed by atoms with Crippen LogP contribution in [0.1, 0.15) is 35.9 Å². The summed E-state index contributed by atoms with van der Waals surface area (Å²) in [6.07, 6.45) is 1.02. The summed E-state index contributed by atoms with van der Waals surface area (Å²) in [6, 6.07) is 15.4. The number of benzene rings is 2. The first kappa shape index (κ1) is 19.0. The summed E-state index contributed by atoms with van der Waals surface area (Å²) in [4.78, 5) is 1.36. The standard InChI is InChI=1S/C21H23NO2S.ClH/c1-3-23-17-11-14-9-10-22-21(16(14)13-18(17)24-4-2)20-12-15-7-5-6-8-19(15)25-20;/h5-8,11-13,21-22H,3-4,9-10H2,1-2H3;1H. The summed E-state index contributed by atoms with van der Waals surface area (Å²) >= 11 is 1.87. The molecule has 5 heteroatoms. The molecular formula is C21H24ClNO2S. The molecule has 1 atom stereocenters. The molecule has 0 spiro atoms. The van der Waals surface area contributed by atoms with Crippen LogP contribution in [0, 0.1) is 0 Å². The van der Waals surface area contributed by atoms with Crippen molar-refractivity contribution >= 4 is 33.8 Å². The van der Waals surface area contributed by atoms with Crippen LogP contribution in [-0.4, -0.2) is 19.8 Å². The first-order valence-corrected chi connectivity index (χ1v) is 9.76. The van der Waals surface area contributed by atoms with Gasteiger partial charge >= 0.3 is 0 Å². The van der Waals surface area contributed by atoms with Gasteiger partial charge < -0.3 is 14.8 Å². The van der Waals surface area contributed by atoms with Crippen LogP contribution >= 0.6 is 23.7 Å². The average molecular weight is 390 g/mol. The van der Waals surface area contributed by atoms with E-state index in [1.54, 1.807) is 0 Å². The van der Waals surface area contributed by atoms with Crippen molar-refractivity contribution in [1.82, 2.24) is 5.32 Å². The summed E-state index contributed by atoms with van der Waals surface area (Å²) in [5, 5.41) is 5.00. The van der Waals surface area contributed by atoms with Gasteiger partial charge in [0.05, 0.1) is 19.3 Å². The monoisotopic (exact) mass is 389 g/mol. The summed E-state index contributed by atoms with van der Waals surface area (Å²) in [5.74, 6) is 1.71. The summed E-state index contributed by atoms with van der Waals surface area (Å²) in [6.45, 7) is 6.29. The third-order valence-corrected chi connectivity index (χ3v) is 5.77. The van der Waals surface area contributed by atoms with Gasteiger partial charge in [-0.1, -0.05) is 18.2 Å². The van der Waals surface area contributed by atoms with E-state index in [-0.39, 0.29) is 18.4 Å². The third kappa shape index (κ3) is 3.54. The van der Waals surface area contributed by atoms with Crippen molar-refractivity contribution in [3.05, 3.63) is 58.5 Å². The number of hydrogen-bond acceptors (Lipinski definition) is 4. The predicted octanol–water partition coefficient (Wildman–Crippen LogP) is 5.36. The molecule has 1 aliphatic rings. The van der Waals surface area contributed by atoms with Gasteiger partial charge in [-0.3, -0.25) is 0 Å². The van der Waals surface area contributed by atoms with Gasteiger partial charge in [0.1, 0.15) is 0 Å². The minimum absolute atomic E-state index is 0. The van der Waals surface area contributed by atoms with E-state index < -0.39 is 0 Å². The third-order valence-electron chi connectivity index (χ3n) is 4.59. The Morgan fingerprint density at radius 1 is 1.04 bits per heavy atom. The fourth-order valence-corrected chi connectivity index (χ4v) is 4.66. The van der Waals surface area contributed by atoms with Crippen LogP contribution in [0.25, 0.3) is 10.1 Å². The van der Waals surface area contributed by atoms with Gasteiger partial charge in [0, 0.05) is 16.1 Å². The van der Waals surface area contributed by atoms with Gasteiger partial charge in [-0.2, -0.15) is 0 Å². The minimum atomic E-state index is 0. The van der Waals surface area contributed by atoms with Crippen molar-refractivity contribution in [3.8, 4) is 11.5 Å². The highest BCUT2D eigenvalue weighted by atomic mass is 35.5. The Hall–Kier alpha value is -1.75. The zero-order valence-electron chi connectivity index (χ0n) is 15.1. The molecule has 0 radical (unpaired) electrons. The van der Waals surface area contributed by atoms with Gasteiger partial charge in [-0.25, -0.2) is 0 Å². The maximum Gasteiger partial charge on any atom is 0.161 e.